The maximum atomic E-state index is 5.13. The van der Waals surface area contributed by atoms with E-state index in [1.54, 1.807) is 0 Å². The van der Waals surface area contributed by atoms with Crippen molar-refractivity contribution in [3.63, 3.8) is 0 Å². The van der Waals surface area contributed by atoms with Crippen molar-refractivity contribution >= 4 is 0 Å². The second-order valence-corrected chi connectivity index (χ2v) is 3.45. The molecule has 0 radical (unpaired) electrons. The average Bonchev–Trinajstić information content (AvgIpc) is 2.37. The van der Waals surface area contributed by atoms with Crippen LogP contribution in [0.2, 0.25) is 0 Å². The Kier molecular flexibility index (Phi) is 3.97. The molecular formula is C14H14O2. The molecule has 0 atom stereocenters. The molecule has 2 heteroatoms. The molecular weight excluding hydrogens is 200 g/mol. The molecule has 0 spiro atoms. The molecule has 2 nitrogen and oxygen atoms in total. The maximum absolute atomic E-state index is 5.13. The number of rotatable bonds is 5. The molecule has 16 heavy (non-hydrogen) atoms. The van der Waals surface area contributed by atoms with Crippen LogP contribution in [0.5, 0.6) is 5.75 Å². The van der Waals surface area contributed by atoms with Gasteiger partial charge in [-0.1, -0.05) is 48.5 Å². The summed E-state index contributed by atoms with van der Waals surface area (Å²) in [5.41, 5.74) is 1.25. The molecule has 0 amide bonds. The van der Waals surface area contributed by atoms with Crippen molar-refractivity contribution in [2.45, 2.75) is 6.42 Å². The molecule has 0 aromatic heterocycles. The second kappa shape index (κ2) is 5.93. The minimum Gasteiger partial charge on any atom is -0.338 e. The molecule has 0 aliphatic carbocycles. The van der Waals surface area contributed by atoms with Gasteiger partial charge in [0.25, 0.3) is 0 Å². The average molecular weight is 214 g/mol. The minimum absolute atomic E-state index is 0.554. The van der Waals surface area contributed by atoms with Crippen LogP contribution in [-0.2, 0) is 11.3 Å². The lowest BCUT2D eigenvalue weighted by Gasteiger charge is -2.04. The van der Waals surface area contributed by atoms with Gasteiger partial charge in [-0.15, -0.1) is 0 Å². The van der Waals surface area contributed by atoms with E-state index in [2.05, 4.69) is 12.1 Å². The van der Waals surface area contributed by atoms with Crippen LogP contribution >= 0.6 is 0 Å². The Morgan fingerprint density at radius 2 is 1.38 bits per heavy atom. The van der Waals surface area contributed by atoms with Crippen LogP contribution in [0.3, 0.4) is 0 Å². The van der Waals surface area contributed by atoms with Crippen molar-refractivity contribution in [2.75, 3.05) is 6.61 Å². The van der Waals surface area contributed by atoms with E-state index in [9.17, 15) is 0 Å². The Labute approximate surface area is 95.4 Å². The first-order valence-corrected chi connectivity index (χ1v) is 5.33. The number of para-hydroxylation sites is 1. The molecule has 0 saturated heterocycles. The van der Waals surface area contributed by atoms with E-state index in [4.69, 9.17) is 9.78 Å². The van der Waals surface area contributed by atoms with Crippen LogP contribution in [0.15, 0.2) is 60.7 Å². The fourth-order valence-electron chi connectivity index (χ4n) is 1.39. The summed E-state index contributed by atoms with van der Waals surface area (Å²) in [7, 11) is 0. The van der Waals surface area contributed by atoms with Gasteiger partial charge >= 0.3 is 0 Å². The summed E-state index contributed by atoms with van der Waals surface area (Å²) in [6.45, 7) is 0.554. The lowest BCUT2D eigenvalue weighted by atomic mass is 10.2. The van der Waals surface area contributed by atoms with Crippen LogP contribution in [0, 0.1) is 0 Å². The second-order valence-electron chi connectivity index (χ2n) is 3.45. The van der Waals surface area contributed by atoms with Crippen molar-refractivity contribution in [2.24, 2.45) is 0 Å². The zero-order chi connectivity index (χ0) is 11.1. The fourth-order valence-corrected chi connectivity index (χ4v) is 1.39. The Hall–Kier alpha value is -1.80. The van der Waals surface area contributed by atoms with Crippen LogP contribution < -0.4 is 4.89 Å². The van der Waals surface area contributed by atoms with E-state index in [0.29, 0.717) is 6.61 Å². The molecule has 0 unspecified atom stereocenters. The van der Waals surface area contributed by atoms with Gasteiger partial charge in [0, 0.05) is 0 Å². The van der Waals surface area contributed by atoms with Crippen molar-refractivity contribution in [1.29, 1.82) is 0 Å². The first kappa shape index (κ1) is 10.7. The van der Waals surface area contributed by atoms with Gasteiger partial charge in [0.05, 0.1) is 6.61 Å². The van der Waals surface area contributed by atoms with Crippen LogP contribution in [0.4, 0.5) is 0 Å². The van der Waals surface area contributed by atoms with Gasteiger partial charge in [-0.05, 0) is 24.1 Å². The highest BCUT2D eigenvalue weighted by molar-refractivity contribution is 5.20. The molecule has 0 N–H and O–H groups in total. The Morgan fingerprint density at radius 1 is 0.750 bits per heavy atom. The summed E-state index contributed by atoms with van der Waals surface area (Å²) in [6, 6.07) is 19.7. The third-order valence-electron chi connectivity index (χ3n) is 2.22. The van der Waals surface area contributed by atoms with Gasteiger partial charge in [0.15, 0.2) is 5.75 Å². The van der Waals surface area contributed by atoms with Crippen molar-refractivity contribution in [3.05, 3.63) is 66.2 Å². The third kappa shape index (κ3) is 3.41. The van der Waals surface area contributed by atoms with Gasteiger partial charge in [0.1, 0.15) is 0 Å². The SMILES string of the molecule is c1ccc(CCOOc2ccccc2)cc1. The first-order chi connectivity index (χ1) is 7.95. The monoisotopic (exact) mass is 214 g/mol. The molecule has 0 saturated carbocycles. The van der Waals surface area contributed by atoms with E-state index < -0.39 is 0 Å². The van der Waals surface area contributed by atoms with Gasteiger partial charge in [-0.3, -0.25) is 0 Å². The van der Waals surface area contributed by atoms with Gasteiger partial charge in [-0.2, -0.15) is 4.89 Å². The highest BCUT2D eigenvalue weighted by Gasteiger charge is 1.94. The maximum Gasteiger partial charge on any atom is 0.165 e. The fraction of sp³-hybridized carbons (Fsp3) is 0.143. The minimum atomic E-state index is 0.554. The highest BCUT2D eigenvalue weighted by atomic mass is 17.2. The summed E-state index contributed by atoms with van der Waals surface area (Å²) >= 11 is 0. The predicted octanol–water partition coefficient (Wildman–Crippen LogP) is 3.24. The Balaban J connectivity index is 1.70. The van der Waals surface area contributed by atoms with Crippen LogP contribution in [-0.4, -0.2) is 6.61 Å². The van der Waals surface area contributed by atoms with Crippen molar-refractivity contribution in [1.82, 2.24) is 0 Å². The first-order valence-electron chi connectivity index (χ1n) is 5.33. The molecule has 0 heterocycles. The molecule has 82 valence electrons. The molecule has 2 rings (SSSR count). The number of hydrogen-bond acceptors (Lipinski definition) is 2. The summed E-state index contributed by atoms with van der Waals surface area (Å²) in [5, 5.41) is 0. The Morgan fingerprint density at radius 3 is 2.06 bits per heavy atom. The molecule has 0 aliphatic heterocycles. The van der Waals surface area contributed by atoms with Crippen molar-refractivity contribution < 1.29 is 9.78 Å². The molecule has 2 aromatic carbocycles. The largest absolute Gasteiger partial charge is 0.338 e. The molecule has 0 aliphatic rings. The standard InChI is InChI=1S/C14H14O2/c1-3-7-13(8-4-1)11-12-15-16-14-9-5-2-6-10-14/h1-10H,11-12H2. The van der Waals surface area contributed by atoms with E-state index in [1.807, 2.05) is 48.5 Å². The van der Waals surface area contributed by atoms with E-state index in [0.717, 1.165) is 12.2 Å². The van der Waals surface area contributed by atoms with Crippen LogP contribution in [0.25, 0.3) is 0 Å². The van der Waals surface area contributed by atoms with Gasteiger partial charge in [0.2, 0.25) is 0 Å². The molecule has 0 fully saturated rings. The summed E-state index contributed by atoms with van der Waals surface area (Å²) in [6.07, 6.45) is 0.855. The Bertz CT molecular complexity index is 356. The normalized spacial score (nSPS) is 10.0. The zero-order valence-electron chi connectivity index (χ0n) is 9.00. The van der Waals surface area contributed by atoms with E-state index in [1.165, 1.54) is 5.56 Å². The highest BCUT2D eigenvalue weighted by Crippen LogP contribution is 2.08. The zero-order valence-corrected chi connectivity index (χ0v) is 9.00. The quantitative estimate of drug-likeness (QED) is 0.432. The molecule has 0 bridgehead atoms. The van der Waals surface area contributed by atoms with Gasteiger partial charge in [-0.25, -0.2) is 0 Å². The van der Waals surface area contributed by atoms with E-state index in [-0.39, 0.29) is 0 Å². The lowest BCUT2D eigenvalue weighted by Crippen LogP contribution is -2.02. The smallest absolute Gasteiger partial charge is 0.165 e. The third-order valence-corrected chi connectivity index (χ3v) is 2.22. The summed E-state index contributed by atoms with van der Waals surface area (Å²) in [4.78, 5) is 10.3. The summed E-state index contributed by atoms with van der Waals surface area (Å²) in [5.74, 6) is 0.732. The number of benzene rings is 2. The van der Waals surface area contributed by atoms with Crippen molar-refractivity contribution in [3.8, 4) is 5.75 Å². The van der Waals surface area contributed by atoms with E-state index >= 15 is 0 Å². The topological polar surface area (TPSA) is 18.5 Å². The number of hydrogen-bond donors (Lipinski definition) is 0. The summed E-state index contributed by atoms with van der Waals surface area (Å²) < 4.78 is 0. The lowest BCUT2D eigenvalue weighted by molar-refractivity contribution is -0.205. The molecule has 2 aromatic rings. The van der Waals surface area contributed by atoms with Crippen LogP contribution in [0.1, 0.15) is 5.56 Å². The van der Waals surface area contributed by atoms with Gasteiger partial charge < -0.3 is 4.89 Å². The predicted molar refractivity (Wildman–Crippen MR) is 63.2 cm³/mol.